The molecule has 1 aliphatic rings. The van der Waals surface area contributed by atoms with Gasteiger partial charge in [-0.05, 0) is 44.0 Å². The molecule has 3 heterocycles. The molecule has 3 aromatic rings. The molecule has 28 heavy (non-hydrogen) atoms. The Hall–Kier alpha value is -2.78. The van der Waals surface area contributed by atoms with E-state index in [9.17, 15) is 13.2 Å². The molecule has 1 aliphatic heterocycles. The van der Waals surface area contributed by atoms with Crippen molar-refractivity contribution in [3.8, 4) is 11.7 Å². The summed E-state index contributed by atoms with van der Waals surface area (Å²) >= 11 is 0. The number of furan rings is 1. The highest BCUT2D eigenvalue weighted by atomic mass is 32.2. The minimum absolute atomic E-state index is 0.00255. The Morgan fingerprint density at radius 3 is 2.43 bits per heavy atom. The van der Waals surface area contributed by atoms with Gasteiger partial charge in [0.1, 0.15) is 0 Å². The lowest BCUT2D eigenvalue weighted by atomic mass is 9.98. The largest absolute Gasteiger partial charge is 0.459 e. The third-order valence-electron chi connectivity index (χ3n) is 4.87. The monoisotopic (exact) mass is 401 g/mol. The second kappa shape index (κ2) is 7.33. The lowest BCUT2D eigenvalue weighted by Gasteiger charge is -2.29. The van der Waals surface area contributed by atoms with Crippen molar-refractivity contribution >= 4 is 15.8 Å². The fraction of sp³-hybridized carbons (Fsp3) is 0.316. The first-order chi connectivity index (χ1) is 13.4. The number of piperidine rings is 1. The van der Waals surface area contributed by atoms with E-state index in [4.69, 9.17) is 8.83 Å². The van der Waals surface area contributed by atoms with E-state index in [-0.39, 0.29) is 16.6 Å². The lowest BCUT2D eigenvalue weighted by Crippen LogP contribution is -2.37. The molecule has 0 saturated carbocycles. The number of hydrogen-bond donors (Lipinski definition) is 0. The maximum Gasteiger partial charge on any atom is 0.283 e. The number of aromatic nitrogens is 2. The summed E-state index contributed by atoms with van der Waals surface area (Å²) in [6.07, 6.45) is 2.71. The second-order valence-electron chi connectivity index (χ2n) is 6.68. The van der Waals surface area contributed by atoms with Crippen LogP contribution in [0.2, 0.25) is 0 Å². The van der Waals surface area contributed by atoms with Crippen LogP contribution < -0.4 is 0 Å². The topological polar surface area (TPSA) is 107 Å². The maximum absolute atomic E-state index is 12.8. The summed E-state index contributed by atoms with van der Waals surface area (Å²) in [6.45, 7) is 2.17. The molecule has 1 fully saturated rings. The number of carbonyl (C=O) groups is 1. The van der Waals surface area contributed by atoms with E-state index in [0.717, 1.165) is 0 Å². The number of rotatable bonds is 5. The fourth-order valence-electron chi connectivity index (χ4n) is 3.25. The number of ketones is 1. The summed E-state index contributed by atoms with van der Waals surface area (Å²) in [5, 5.41) is 8.09. The van der Waals surface area contributed by atoms with E-state index in [2.05, 4.69) is 10.2 Å². The van der Waals surface area contributed by atoms with Crippen LogP contribution in [0.1, 0.15) is 41.9 Å². The van der Waals surface area contributed by atoms with E-state index in [1.54, 1.807) is 12.1 Å². The zero-order valence-electron chi connectivity index (χ0n) is 15.2. The number of nitrogens with zero attached hydrogens (tertiary/aromatic N) is 3. The van der Waals surface area contributed by atoms with Gasteiger partial charge in [-0.3, -0.25) is 4.79 Å². The molecule has 2 aromatic heterocycles. The molecule has 0 radical (unpaired) electrons. The van der Waals surface area contributed by atoms with Crippen LogP contribution in [0, 0.1) is 0 Å². The van der Waals surface area contributed by atoms with Crippen LogP contribution in [0.25, 0.3) is 11.7 Å². The Labute approximate surface area is 162 Å². The Balaban J connectivity index is 1.44. The van der Waals surface area contributed by atoms with Gasteiger partial charge in [0, 0.05) is 24.6 Å². The fourth-order valence-corrected chi connectivity index (χ4v) is 4.72. The van der Waals surface area contributed by atoms with Crippen LogP contribution in [-0.2, 0) is 10.0 Å². The second-order valence-corrected chi connectivity index (χ2v) is 8.62. The van der Waals surface area contributed by atoms with Gasteiger partial charge in [0.15, 0.2) is 11.5 Å². The van der Waals surface area contributed by atoms with Crippen molar-refractivity contribution in [2.45, 2.75) is 30.6 Å². The molecule has 1 aromatic carbocycles. The van der Waals surface area contributed by atoms with Crippen LogP contribution in [0.15, 0.2) is 56.4 Å². The zero-order valence-corrected chi connectivity index (χ0v) is 16.1. The Morgan fingerprint density at radius 2 is 1.82 bits per heavy atom. The number of sulfonamides is 1. The molecule has 8 nitrogen and oxygen atoms in total. The first-order valence-electron chi connectivity index (χ1n) is 8.93. The molecule has 4 rings (SSSR count). The minimum Gasteiger partial charge on any atom is -0.459 e. The van der Waals surface area contributed by atoms with Crippen molar-refractivity contribution < 1.29 is 22.0 Å². The molecule has 9 heteroatoms. The predicted molar refractivity (Wildman–Crippen MR) is 99.2 cm³/mol. The highest BCUT2D eigenvalue weighted by Crippen LogP contribution is 2.31. The van der Waals surface area contributed by atoms with Gasteiger partial charge in [-0.2, -0.15) is 4.31 Å². The number of hydrogen-bond acceptors (Lipinski definition) is 7. The minimum atomic E-state index is -3.60. The highest BCUT2D eigenvalue weighted by Gasteiger charge is 2.32. The average molecular weight is 401 g/mol. The van der Waals surface area contributed by atoms with Crippen LogP contribution in [0.5, 0.6) is 0 Å². The van der Waals surface area contributed by atoms with Crippen LogP contribution >= 0.6 is 0 Å². The van der Waals surface area contributed by atoms with Crippen molar-refractivity contribution in [1.29, 1.82) is 0 Å². The standard InChI is InChI=1S/C19H19N3O5S/c1-13(23)14-4-6-16(7-5-14)28(24,25)22-10-8-15(9-11-22)18-20-21-19(27-18)17-3-2-12-26-17/h2-7,12,15H,8-11H2,1H3. The van der Waals surface area contributed by atoms with Gasteiger partial charge in [-0.15, -0.1) is 10.2 Å². The van der Waals surface area contributed by atoms with Crippen molar-refractivity contribution in [2.75, 3.05) is 13.1 Å². The molecule has 0 unspecified atom stereocenters. The molecule has 0 spiro atoms. The summed E-state index contributed by atoms with van der Waals surface area (Å²) in [6, 6.07) is 9.51. The van der Waals surface area contributed by atoms with Crippen LogP contribution in [0.4, 0.5) is 0 Å². The SMILES string of the molecule is CC(=O)c1ccc(S(=O)(=O)N2CCC(c3nnc(-c4ccco4)o3)CC2)cc1. The van der Waals surface area contributed by atoms with E-state index in [1.165, 1.54) is 41.8 Å². The summed E-state index contributed by atoms with van der Waals surface area (Å²) in [5.41, 5.74) is 0.487. The van der Waals surface area contributed by atoms with E-state index >= 15 is 0 Å². The third-order valence-corrected chi connectivity index (χ3v) is 6.79. The first kappa shape index (κ1) is 18.6. The Kier molecular flexibility index (Phi) is 4.86. The van der Waals surface area contributed by atoms with Crippen molar-refractivity contribution in [3.05, 3.63) is 54.1 Å². The average Bonchev–Trinajstić information content (AvgIpc) is 3.40. The van der Waals surface area contributed by atoms with Gasteiger partial charge in [0.2, 0.25) is 15.9 Å². The highest BCUT2D eigenvalue weighted by molar-refractivity contribution is 7.89. The molecule has 0 amide bonds. The van der Waals surface area contributed by atoms with Gasteiger partial charge < -0.3 is 8.83 Å². The number of benzene rings is 1. The van der Waals surface area contributed by atoms with Gasteiger partial charge in [0.05, 0.1) is 11.2 Å². The first-order valence-corrected chi connectivity index (χ1v) is 10.4. The summed E-state index contributed by atoms with van der Waals surface area (Å²) in [7, 11) is -3.60. The predicted octanol–water partition coefficient (Wildman–Crippen LogP) is 3.10. The smallest absolute Gasteiger partial charge is 0.283 e. The normalized spacial score (nSPS) is 16.3. The summed E-state index contributed by atoms with van der Waals surface area (Å²) in [5.74, 6) is 1.23. The third kappa shape index (κ3) is 3.50. The molecule has 0 bridgehead atoms. The maximum atomic E-state index is 12.8. The Morgan fingerprint density at radius 1 is 1.11 bits per heavy atom. The van der Waals surface area contributed by atoms with Gasteiger partial charge >= 0.3 is 0 Å². The molecule has 0 aliphatic carbocycles. The zero-order chi connectivity index (χ0) is 19.7. The van der Waals surface area contributed by atoms with Crippen LogP contribution in [-0.4, -0.2) is 41.8 Å². The summed E-state index contributed by atoms with van der Waals surface area (Å²) < 4.78 is 38.1. The molecular weight excluding hydrogens is 382 g/mol. The molecule has 0 N–H and O–H groups in total. The van der Waals surface area contributed by atoms with Crippen LogP contribution in [0.3, 0.4) is 0 Å². The number of carbonyl (C=O) groups excluding carboxylic acids is 1. The summed E-state index contributed by atoms with van der Waals surface area (Å²) in [4.78, 5) is 11.6. The van der Waals surface area contributed by atoms with Crippen molar-refractivity contribution in [3.63, 3.8) is 0 Å². The van der Waals surface area contributed by atoms with Crippen molar-refractivity contribution in [1.82, 2.24) is 14.5 Å². The van der Waals surface area contributed by atoms with E-state index in [0.29, 0.717) is 49.0 Å². The molecule has 1 saturated heterocycles. The molecular formula is C19H19N3O5S. The quantitative estimate of drug-likeness (QED) is 0.605. The van der Waals surface area contributed by atoms with E-state index in [1.807, 2.05) is 0 Å². The van der Waals surface area contributed by atoms with Crippen molar-refractivity contribution in [2.24, 2.45) is 0 Å². The Bertz CT molecular complexity index is 1060. The molecule has 0 atom stereocenters. The van der Waals surface area contributed by atoms with Gasteiger partial charge in [-0.25, -0.2) is 8.42 Å². The van der Waals surface area contributed by atoms with E-state index < -0.39 is 10.0 Å². The van der Waals surface area contributed by atoms with Gasteiger partial charge in [0.25, 0.3) is 5.89 Å². The van der Waals surface area contributed by atoms with Gasteiger partial charge in [-0.1, -0.05) is 12.1 Å². The number of Topliss-reactive ketones (excluding diaryl/α,β-unsaturated/α-hetero) is 1. The lowest BCUT2D eigenvalue weighted by molar-refractivity contribution is 0.101. The molecule has 146 valence electrons.